The maximum absolute atomic E-state index is 11.7. The molecular formula is C17H20N2O4. The van der Waals surface area contributed by atoms with Crippen molar-refractivity contribution in [3.8, 4) is 0 Å². The highest BCUT2D eigenvalue weighted by molar-refractivity contribution is 5.90. The maximum Gasteiger partial charge on any atom is 0.331 e. The van der Waals surface area contributed by atoms with E-state index in [1.807, 2.05) is 32.0 Å². The normalized spacial score (nSPS) is 12.5. The molecule has 2 aromatic heterocycles. The van der Waals surface area contributed by atoms with Crippen LogP contribution in [-0.4, -0.2) is 22.5 Å². The number of aryl methyl sites for hydroxylation is 1. The molecule has 0 unspecified atom stereocenters. The molecule has 2 N–H and O–H groups in total. The first-order valence-electron chi connectivity index (χ1n) is 7.25. The number of primary amides is 1. The second-order valence-corrected chi connectivity index (χ2v) is 5.31. The van der Waals surface area contributed by atoms with Crippen LogP contribution < -0.4 is 5.73 Å². The lowest BCUT2D eigenvalue weighted by Gasteiger charge is -2.07. The quantitative estimate of drug-likeness (QED) is 0.653. The van der Waals surface area contributed by atoms with Crippen molar-refractivity contribution >= 4 is 18.0 Å². The van der Waals surface area contributed by atoms with Crippen LogP contribution in [0.5, 0.6) is 0 Å². The lowest BCUT2D eigenvalue weighted by Crippen LogP contribution is -2.29. The third kappa shape index (κ3) is 4.12. The molecule has 0 radical (unpaired) electrons. The molecule has 0 aliphatic carbocycles. The molecule has 1 atom stereocenters. The van der Waals surface area contributed by atoms with Gasteiger partial charge < -0.3 is 19.5 Å². The van der Waals surface area contributed by atoms with Crippen LogP contribution in [0.1, 0.15) is 29.6 Å². The molecule has 2 heterocycles. The molecule has 2 rings (SSSR count). The Hall–Kier alpha value is -2.76. The van der Waals surface area contributed by atoms with Gasteiger partial charge in [-0.05, 0) is 50.6 Å². The van der Waals surface area contributed by atoms with E-state index < -0.39 is 18.0 Å². The highest BCUT2D eigenvalue weighted by Gasteiger charge is 2.13. The van der Waals surface area contributed by atoms with Gasteiger partial charge in [-0.1, -0.05) is 0 Å². The summed E-state index contributed by atoms with van der Waals surface area (Å²) < 4.78 is 12.3. The molecule has 0 saturated heterocycles. The number of esters is 1. The van der Waals surface area contributed by atoms with E-state index in [9.17, 15) is 9.59 Å². The predicted octanol–water partition coefficient (Wildman–Crippen LogP) is 2.18. The van der Waals surface area contributed by atoms with Crippen LogP contribution in [0.3, 0.4) is 0 Å². The number of hydrogen-bond donors (Lipinski definition) is 1. The largest absolute Gasteiger partial charge is 0.467 e. The van der Waals surface area contributed by atoms with Crippen LogP contribution in [-0.2, 0) is 20.9 Å². The van der Waals surface area contributed by atoms with Crippen molar-refractivity contribution in [3.63, 3.8) is 0 Å². The SMILES string of the molecule is Cc1cc(/C=C/C(=O)O[C@H](C)C(N)=O)c(C)n1Cc1ccco1. The van der Waals surface area contributed by atoms with Crippen LogP contribution in [0.25, 0.3) is 6.08 Å². The van der Waals surface area contributed by atoms with Gasteiger partial charge >= 0.3 is 5.97 Å². The molecule has 2 aromatic rings. The fourth-order valence-electron chi connectivity index (χ4n) is 2.23. The summed E-state index contributed by atoms with van der Waals surface area (Å²) in [7, 11) is 0. The molecular weight excluding hydrogens is 296 g/mol. The Kier molecular flexibility index (Phi) is 5.05. The molecule has 0 saturated carbocycles. The van der Waals surface area contributed by atoms with Crippen LogP contribution in [0.4, 0.5) is 0 Å². The van der Waals surface area contributed by atoms with Crippen LogP contribution in [0.15, 0.2) is 35.0 Å². The topological polar surface area (TPSA) is 87.5 Å². The van der Waals surface area contributed by atoms with E-state index in [1.165, 1.54) is 13.0 Å². The Balaban J connectivity index is 2.10. The zero-order valence-electron chi connectivity index (χ0n) is 13.4. The van der Waals surface area contributed by atoms with Gasteiger partial charge in [-0.25, -0.2) is 4.79 Å². The van der Waals surface area contributed by atoms with Crippen molar-refractivity contribution in [3.05, 3.63) is 53.2 Å². The van der Waals surface area contributed by atoms with Gasteiger partial charge in [0.1, 0.15) is 5.76 Å². The maximum atomic E-state index is 11.7. The standard InChI is InChI=1S/C17H20N2O4/c1-11-9-14(6-7-16(20)23-13(3)17(18)21)12(2)19(11)10-15-5-4-8-22-15/h4-9,13H,10H2,1-3H3,(H2,18,21)/b7-6+/t13-/m1/s1. The zero-order valence-corrected chi connectivity index (χ0v) is 13.4. The Morgan fingerprint density at radius 2 is 2.17 bits per heavy atom. The van der Waals surface area contributed by atoms with E-state index in [0.717, 1.165) is 22.7 Å². The van der Waals surface area contributed by atoms with E-state index in [2.05, 4.69) is 4.57 Å². The number of nitrogens with two attached hydrogens (primary N) is 1. The summed E-state index contributed by atoms with van der Waals surface area (Å²) in [6.45, 7) is 6.01. The average molecular weight is 316 g/mol. The lowest BCUT2D eigenvalue weighted by atomic mass is 10.2. The minimum atomic E-state index is -0.946. The fourth-order valence-corrected chi connectivity index (χ4v) is 2.23. The number of rotatable bonds is 6. The molecule has 0 aliphatic rings. The number of carbonyl (C=O) groups is 2. The van der Waals surface area contributed by atoms with Crippen LogP contribution >= 0.6 is 0 Å². The number of aromatic nitrogens is 1. The van der Waals surface area contributed by atoms with Crippen LogP contribution in [0.2, 0.25) is 0 Å². The van der Waals surface area contributed by atoms with Gasteiger partial charge in [0.15, 0.2) is 6.10 Å². The second kappa shape index (κ2) is 7.00. The number of hydrogen-bond acceptors (Lipinski definition) is 4. The van der Waals surface area contributed by atoms with E-state index in [1.54, 1.807) is 12.3 Å². The fraction of sp³-hybridized carbons (Fsp3) is 0.294. The first kappa shape index (κ1) is 16.6. The second-order valence-electron chi connectivity index (χ2n) is 5.31. The summed E-state index contributed by atoms with van der Waals surface area (Å²) in [5.41, 5.74) is 8.01. The molecule has 1 amide bonds. The number of ether oxygens (including phenoxy) is 1. The summed E-state index contributed by atoms with van der Waals surface area (Å²) in [4.78, 5) is 22.5. The molecule has 0 fully saturated rings. The van der Waals surface area contributed by atoms with Crippen molar-refractivity contribution in [1.82, 2.24) is 4.57 Å². The van der Waals surface area contributed by atoms with Gasteiger partial charge in [0.05, 0.1) is 12.8 Å². The molecule has 23 heavy (non-hydrogen) atoms. The van der Waals surface area contributed by atoms with Gasteiger partial charge in [0, 0.05) is 17.5 Å². The Bertz CT molecular complexity index is 726. The smallest absolute Gasteiger partial charge is 0.331 e. The third-order valence-corrected chi connectivity index (χ3v) is 3.60. The number of carbonyl (C=O) groups excluding carboxylic acids is 2. The average Bonchev–Trinajstić information content (AvgIpc) is 3.09. The Morgan fingerprint density at radius 3 is 2.78 bits per heavy atom. The number of nitrogens with zero attached hydrogens (tertiary/aromatic N) is 1. The Labute approximate surface area is 134 Å². The highest BCUT2D eigenvalue weighted by Crippen LogP contribution is 2.18. The predicted molar refractivity (Wildman–Crippen MR) is 85.5 cm³/mol. The summed E-state index contributed by atoms with van der Waals surface area (Å²) in [5, 5.41) is 0. The monoisotopic (exact) mass is 316 g/mol. The van der Waals surface area contributed by atoms with E-state index in [-0.39, 0.29) is 0 Å². The zero-order chi connectivity index (χ0) is 17.0. The van der Waals surface area contributed by atoms with Crippen LogP contribution in [0, 0.1) is 13.8 Å². The number of amides is 1. The minimum absolute atomic E-state index is 0.605. The first-order valence-corrected chi connectivity index (χ1v) is 7.25. The third-order valence-electron chi connectivity index (χ3n) is 3.60. The van der Waals surface area contributed by atoms with Gasteiger partial charge in [-0.3, -0.25) is 4.79 Å². The molecule has 122 valence electrons. The molecule has 0 aromatic carbocycles. The Morgan fingerprint density at radius 1 is 1.43 bits per heavy atom. The molecule has 6 heteroatoms. The van der Waals surface area contributed by atoms with Crippen molar-refractivity contribution in [2.24, 2.45) is 5.73 Å². The lowest BCUT2D eigenvalue weighted by molar-refractivity contribution is -0.148. The van der Waals surface area contributed by atoms with E-state index >= 15 is 0 Å². The van der Waals surface area contributed by atoms with E-state index in [0.29, 0.717) is 6.54 Å². The molecule has 0 bridgehead atoms. The summed E-state index contributed by atoms with van der Waals surface area (Å²) in [6, 6.07) is 5.73. The minimum Gasteiger partial charge on any atom is -0.467 e. The van der Waals surface area contributed by atoms with Gasteiger partial charge in [0.2, 0.25) is 0 Å². The molecule has 6 nitrogen and oxygen atoms in total. The molecule has 0 spiro atoms. The summed E-state index contributed by atoms with van der Waals surface area (Å²) >= 11 is 0. The van der Waals surface area contributed by atoms with Gasteiger partial charge in [-0.2, -0.15) is 0 Å². The van der Waals surface area contributed by atoms with Crippen molar-refractivity contribution < 1.29 is 18.7 Å². The molecule has 0 aliphatic heterocycles. The summed E-state index contributed by atoms with van der Waals surface area (Å²) in [6.07, 6.45) is 3.65. The number of furan rings is 1. The van der Waals surface area contributed by atoms with Crippen molar-refractivity contribution in [2.45, 2.75) is 33.4 Å². The van der Waals surface area contributed by atoms with Gasteiger partial charge in [-0.15, -0.1) is 0 Å². The van der Waals surface area contributed by atoms with Crippen molar-refractivity contribution in [2.75, 3.05) is 0 Å². The highest BCUT2D eigenvalue weighted by atomic mass is 16.5. The van der Waals surface area contributed by atoms with E-state index in [4.69, 9.17) is 14.9 Å². The van der Waals surface area contributed by atoms with Crippen molar-refractivity contribution in [1.29, 1.82) is 0 Å². The van der Waals surface area contributed by atoms with Gasteiger partial charge in [0.25, 0.3) is 5.91 Å². The first-order chi connectivity index (χ1) is 10.9. The summed E-state index contributed by atoms with van der Waals surface area (Å²) in [5.74, 6) is -0.424.